The standard InChI is InChI=1S/C8H12BrN3O/c1-3-6-4-7(12-11-6)10-8(13)5(2)9/h4-5H,3H2,1-2H3,(H2,10,11,12,13). The molecule has 1 atom stereocenters. The number of nitrogens with zero attached hydrogens (tertiary/aromatic N) is 1. The molecule has 1 aromatic heterocycles. The number of nitrogens with one attached hydrogen (secondary N) is 2. The zero-order valence-corrected chi connectivity index (χ0v) is 9.18. The van der Waals surface area contributed by atoms with Crippen molar-refractivity contribution >= 4 is 27.7 Å². The van der Waals surface area contributed by atoms with Gasteiger partial charge in [-0.1, -0.05) is 22.9 Å². The lowest BCUT2D eigenvalue weighted by Gasteiger charge is -2.01. The van der Waals surface area contributed by atoms with Crippen molar-refractivity contribution < 1.29 is 4.79 Å². The number of rotatable bonds is 3. The van der Waals surface area contributed by atoms with Gasteiger partial charge in [0, 0.05) is 11.8 Å². The summed E-state index contributed by atoms with van der Waals surface area (Å²) in [5.74, 6) is 0.488. The molecule has 0 spiro atoms. The molecule has 0 saturated carbocycles. The third kappa shape index (κ3) is 2.84. The van der Waals surface area contributed by atoms with Crippen LogP contribution in [-0.4, -0.2) is 20.9 Å². The Morgan fingerprint density at radius 1 is 1.85 bits per heavy atom. The summed E-state index contributed by atoms with van der Waals surface area (Å²) in [6.45, 7) is 3.79. The zero-order chi connectivity index (χ0) is 9.84. The Balaban J connectivity index is 2.59. The van der Waals surface area contributed by atoms with E-state index in [0.717, 1.165) is 12.1 Å². The molecule has 0 aromatic carbocycles. The molecule has 72 valence electrons. The quantitative estimate of drug-likeness (QED) is 0.797. The predicted octanol–water partition coefficient (Wildman–Crippen LogP) is 1.69. The van der Waals surface area contributed by atoms with Crippen LogP contribution in [0.3, 0.4) is 0 Å². The molecule has 2 N–H and O–H groups in total. The highest BCUT2D eigenvalue weighted by Crippen LogP contribution is 2.07. The zero-order valence-electron chi connectivity index (χ0n) is 7.60. The SMILES string of the molecule is CCc1cc(NC(=O)C(C)Br)n[nH]1. The number of hydrogen-bond donors (Lipinski definition) is 2. The first-order chi connectivity index (χ1) is 6.13. The van der Waals surface area contributed by atoms with Crippen molar-refractivity contribution in [3.05, 3.63) is 11.8 Å². The van der Waals surface area contributed by atoms with Crippen molar-refractivity contribution in [2.24, 2.45) is 0 Å². The number of alkyl halides is 1. The van der Waals surface area contributed by atoms with E-state index in [0.29, 0.717) is 5.82 Å². The van der Waals surface area contributed by atoms with E-state index in [2.05, 4.69) is 31.4 Å². The first kappa shape index (κ1) is 10.2. The monoisotopic (exact) mass is 245 g/mol. The van der Waals surface area contributed by atoms with Crippen molar-refractivity contribution in [2.75, 3.05) is 5.32 Å². The molecule has 0 saturated heterocycles. The summed E-state index contributed by atoms with van der Waals surface area (Å²) in [6, 6.07) is 1.83. The van der Waals surface area contributed by atoms with Gasteiger partial charge in [-0.3, -0.25) is 9.89 Å². The molecule has 0 fully saturated rings. The van der Waals surface area contributed by atoms with E-state index in [-0.39, 0.29) is 10.7 Å². The largest absolute Gasteiger partial charge is 0.308 e. The van der Waals surface area contributed by atoms with Crippen molar-refractivity contribution in [1.29, 1.82) is 0 Å². The van der Waals surface area contributed by atoms with E-state index in [9.17, 15) is 4.79 Å². The van der Waals surface area contributed by atoms with Crippen LogP contribution < -0.4 is 5.32 Å². The molecule has 1 heterocycles. The molecule has 1 unspecified atom stereocenters. The van der Waals surface area contributed by atoms with E-state index in [4.69, 9.17) is 0 Å². The van der Waals surface area contributed by atoms with Gasteiger partial charge >= 0.3 is 0 Å². The van der Waals surface area contributed by atoms with Gasteiger partial charge in [0.1, 0.15) is 0 Å². The molecule has 5 heteroatoms. The summed E-state index contributed by atoms with van der Waals surface area (Å²) in [4.78, 5) is 11.0. The lowest BCUT2D eigenvalue weighted by Crippen LogP contribution is -2.19. The maximum absolute atomic E-state index is 11.2. The van der Waals surface area contributed by atoms with Gasteiger partial charge in [0.05, 0.1) is 4.83 Å². The summed E-state index contributed by atoms with van der Waals surface area (Å²) in [5, 5.41) is 9.42. The van der Waals surface area contributed by atoms with Gasteiger partial charge in [-0.2, -0.15) is 5.10 Å². The molecule has 13 heavy (non-hydrogen) atoms. The number of aromatic amines is 1. The molecule has 4 nitrogen and oxygen atoms in total. The number of amides is 1. The van der Waals surface area contributed by atoms with Gasteiger partial charge in [-0.25, -0.2) is 0 Å². The maximum atomic E-state index is 11.2. The fraction of sp³-hybridized carbons (Fsp3) is 0.500. The summed E-state index contributed by atoms with van der Waals surface area (Å²) in [5.41, 5.74) is 1.01. The Labute approximate surface area is 85.2 Å². The van der Waals surface area contributed by atoms with E-state index >= 15 is 0 Å². The third-order valence-corrected chi connectivity index (χ3v) is 2.04. The van der Waals surface area contributed by atoms with Crippen LogP contribution >= 0.6 is 15.9 Å². The lowest BCUT2D eigenvalue weighted by molar-refractivity contribution is -0.115. The van der Waals surface area contributed by atoms with Crippen molar-refractivity contribution in [3.63, 3.8) is 0 Å². The molecule has 0 aliphatic carbocycles. The van der Waals surface area contributed by atoms with Crippen LogP contribution in [0.2, 0.25) is 0 Å². The molecule has 1 aromatic rings. The van der Waals surface area contributed by atoms with Crippen molar-refractivity contribution in [2.45, 2.75) is 25.1 Å². The first-order valence-electron chi connectivity index (χ1n) is 4.12. The number of H-pyrrole nitrogens is 1. The van der Waals surface area contributed by atoms with Crippen LogP contribution in [0.5, 0.6) is 0 Å². The van der Waals surface area contributed by atoms with Crippen LogP contribution in [0.25, 0.3) is 0 Å². The number of halogens is 1. The van der Waals surface area contributed by atoms with Crippen LogP contribution in [0, 0.1) is 0 Å². The number of hydrogen-bond acceptors (Lipinski definition) is 2. The predicted molar refractivity (Wildman–Crippen MR) is 55.0 cm³/mol. The van der Waals surface area contributed by atoms with Gasteiger partial charge in [0.25, 0.3) is 0 Å². The topological polar surface area (TPSA) is 57.8 Å². The van der Waals surface area contributed by atoms with Gasteiger partial charge in [-0.15, -0.1) is 0 Å². The number of aromatic nitrogens is 2. The van der Waals surface area contributed by atoms with Crippen molar-refractivity contribution in [1.82, 2.24) is 10.2 Å². The normalized spacial score (nSPS) is 12.5. The average molecular weight is 246 g/mol. The highest BCUT2D eigenvalue weighted by molar-refractivity contribution is 9.10. The molecular formula is C8H12BrN3O. The number of aryl methyl sites for hydroxylation is 1. The van der Waals surface area contributed by atoms with Crippen LogP contribution in [0.4, 0.5) is 5.82 Å². The lowest BCUT2D eigenvalue weighted by atomic mass is 10.3. The minimum atomic E-state index is -0.200. The van der Waals surface area contributed by atoms with E-state index in [1.165, 1.54) is 0 Å². The Morgan fingerprint density at radius 3 is 3.00 bits per heavy atom. The van der Waals surface area contributed by atoms with Crippen LogP contribution in [0.1, 0.15) is 19.5 Å². The summed E-state index contributed by atoms with van der Waals surface area (Å²) in [7, 11) is 0. The fourth-order valence-electron chi connectivity index (χ4n) is 0.832. The highest BCUT2D eigenvalue weighted by Gasteiger charge is 2.09. The van der Waals surface area contributed by atoms with Crippen LogP contribution in [-0.2, 0) is 11.2 Å². The molecular weight excluding hydrogens is 234 g/mol. The van der Waals surface area contributed by atoms with E-state index in [1.807, 2.05) is 13.0 Å². The van der Waals surface area contributed by atoms with Gasteiger partial charge in [0.15, 0.2) is 5.82 Å². The molecule has 0 aliphatic heterocycles. The average Bonchev–Trinajstić information content (AvgIpc) is 2.52. The van der Waals surface area contributed by atoms with E-state index < -0.39 is 0 Å². The Bertz CT molecular complexity index is 295. The smallest absolute Gasteiger partial charge is 0.239 e. The molecule has 0 radical (unpaired) electrons. The minimum Gasteiger partial charge on any atom is -0.308 e. The highest BCUT2D eigenvalue weighted by atomic mass is 79.9. The van der Waals surface area contributed by atoms with Gasteiger partial charge in [0.2, 0.25) is 5.91 Å². The molecule has 1 rings (SSSR count). The summed E-state index contributed by atoms with van der Waals surface area (Å²) >= 11 is 3.17. The Morgan fingerprint density at radius 2 is 2.54 bits per heavy atom. The third-order valence-electron chi connectivity index (χ3n) is 1.62. The second-order valence-electron chi connectivity index (χ2n) is 2.74. The minimum absolute atomic E-state index is 0.0887. The Hall–Kier alpha value is -0.840. The summed E-state index contributed by atoms with van der Waals surface area (Å²) < 4.78 is 0. The molecule has 0 aliphatic rings. The number of carbonyl (C=O) groups is 1. The second kappa shape index (κ2) is 4.41. The fourth-order valence-corrected chi connectivity index (χ4v) is 0.947. The van der Waals surface area contributed by atoms with Gasteiger partial charge < -0.3 is 5.32 Å². The van der Waals surface area contributed by atoms with Crippen molar-refractivity contribution in [3.8, 4) is 0 Å². The number of carbonyl (C=O) groups excluding carboxylic acids is 1. The molecule has 0 bridgehead atoms. The maximum Gasteiger partial charge on any atom is 0.239 e. The summed E-state index contributed by atoms with van der Waals surface area (Å²) in [6.07, 6.45) is 0.882. The Kier molecular flexibility index (Phi) is 3.48. The number of anilines is 1. The second-order valence-corrected chi connectivity index (χ2v) is 4.11. The van der Waals surface area contributed by atoms with E-state index in [1.54, 1.807) is 6.92 Å². The first-order valence-corrected chi connectivity index (χ1v) is 5.04. The molecule has 1 amide bonds. The van der Waals surface area contributed by atoms with Crippen LogP contribution in [0.15, 0.2) is 6.07 Å². The van der Waals surface area contributed by atoms with Gasteiger partial charge in [-0.05, 0) is 13.3 Å².